The summed E-state index contributed by atoms with van der Waals surface area (Å²) in [5, 5.41) is 0. The largest absolute Gasteiger partial charge is 0.466 e. The average Bonchev–Trinajstić information content (AvgIpc) is 2.39. The fourth-order valence-electron chi connectivity index (χ4n) is 2.08. The number of hydrogen-bond acceptors (Lipinski definition) is 3. The molecule has 100 valence electrons. The lowest BCUT2D eigenvalue weighted by atomic mass is 9.92. The summed E-state index contributed by atoms with van der Waals surface area (Å²) in [4.78, 5) is 11.8. The molecule has 18 heavy (non-hydrogen) atoms. The molecule has 0 bridgehead atoms. The van der Waals surface area contributed by atoms with Crippen molar-refractivity contribution in [3.63, 3.8) is 0 Å². The maximum absolute atomic E-state index is 11.8. The summed E-state index contributed by atoms with van der Waals surface area (Å²) in [7, 11) is 0. The molecule has 2 N–H and O–H groups in total. The lowest BCUT2D eigenvalue weighted by molar-refractivity contribution is -0.148. The molecule has 0 aliphatic heterocycles. The molecule has 0 aliphatic rings. The quantitative estimate of drug-likeness (QED) is 0.756. The second-order valence-electron chi connectivity index (χ2n) is 4.49. The molecule has 0 saturated heterocycles. The topological polar surface area (TPSA) is 52.3 Å². The van der Waals surface area contributed by atoms with Crippen LogP contribution < -0.4 is 5.73 Å². The van der Waals surface area contributed by atoms with Gasteiger partial charge in [0.15, 0.2) is 0 Å². The minimum absolute atomic E-state index is 0.0924. The van der Waals surface area contributed by atoms with E-state index in [1.807, 2.05) is 37.3 Å². The Morgan fingerprint density at radius 2 is 1.94 bits per heavy atom. The van der Waals surface area contributed by atoms with Gasteiger partial charge in [0.05, 0.1) is 12.5 Å². The maximum Gasteiger partial charge on any atom is 0.308 e. The molecule has 0 aromatic heterocycles. The minimum Gasteiger partial charge on any atom is -0.466 e. The molecule has 3 nitrogen and oxygen atoms in total. The molecule has 0 radical (unpaired) electrons. The Morgan fingerprint density at radius 1 is 1.28 bits per heavy atom. The Morgan fingerprint density at radius 3 is 2.50 bits per heavy atom. The van der Waals surface area contributed by atoms with Gasteiger partial charge < -0.3 is 10.5 Å². The van der Waals surface area contributed by atoms with Gasteiger partial charge >= 0.3 is 5.97 Å². The van der Waals surface area contributed by atoms with Crippen molar-refractivity contribution in [1.29, 1.82) is 0 Å². The molecule has 3 heteroatoms. The van der Waals surface area contributed by atoms with Gasteiger partial charge in [-0.25, -0.2) is 0 Å². The fourth-order valence-corrected chi connectivity index (χ4v) is 2.08. The van der Waals surface area contributed by atoms with Crippen LogP contribution in [0.4, 0.5) is 0 Å². The van der Waals surface area contributed by atoms with Gasteiger partial charge in [-0.15, -0.1) is 0 Å². The van der Waals surface area contributed by atoms with Gasteiger partial charge in [-0.1, -0.05) is 43.7 Å². The Hall–Kier alpha value is -1.35. The molecular weight excluding hydrogens is 226 g/mol. The molecule has 0 saturated carbocycles. The van der Waals surface area contributed by atoms with E-state index in [-0.39, 0.29) is 17.9 Å². The van der Waals surface area contributed by atoms with E-state index in [2.05, 4.69) is 6.92 Å². The zero-order valence-corrected chi connectivity index (χ0v) is 11.3. The van der Waals surface area contributed by atoms with Crippen LogP contribution in [0.5, 0.6) is 0 Å². The van der Waals surface area contributed by atoms with Crippen molar-refractivity contribution in [2.45, 2.75) is 39.2 Å². The summed E-state index contributed by atoms with van der Waals surface area (Å²) in [5.74, 6) is -0.212. The van der Waals surface area contributed by atoms with Crippen molar-refractivity contribution in [2.24, 2.45) is 11.7 Å². The first-order chi connectivity index (χ1) is 8.69. The third-order valence-electron chi connectivity index (χ3n) is 3.02. The predicted molar refractivity (Wildman–Crippen MR) is 73.0 cm³/mol. The fraction of sp³-hybridized carbons (Fsp3) is 0.533. The van der Waals surface area contributed by atoms with E-state index in [0.717, 1.165) is 18.4 Å². The van der Waals surface area contributed by atoms with Crippen molar-refractivity contribution in [3.8, 4) is 0 Å². The van der Waals surface area contributed by atoms with E-state index in [4.69, 9.17) is 10.5 Å². The van der Waals surface area contributed by atoms with E-state index in [0.29, 0.717) is 13.0 Å². The number of esters is 1. The number of hydrogen-bond donors (Lipinski definition) is 1. The Kier molecular flexibility index (Phi) is 6.44. The van der Waals surface area contributed by atoms with Crippen LogP contribution in [0.15, 0.2) is 30.3 Å². The second kappa shape index (κ2) is 7.88. The number of ether oxygens (including phenoxy) is 1. The zero-order valence-electron chi connectivity index (χ0n) is 11.3. The van der Waals surface area contributed by atoms with Crippen LogP contribution >= 0.6 is 0 Å². The average molecular weight is 249 g/mol. The normalized spacial score (nSPS) is 13.9. The minimum atomic E-state index is -0.120. The zero-order chi connectivity index (χ0) is 13.4. The highest BCUT2D eigenvalue weighted by Gasteiger charge is 2.22. The van der Waals surface area contributed by atoms with Crippen molar-refractivity contribution in [1.82, 2.24) is 0 Å². The third kappa shape index (κ3) is 4.49. The Labute approximate surface area is 109 Å². The highest BCUT2D eigenvalue weighted by Crippen LogP contribution is 2.23. The summed E-state index contributed by atoms with van der Waals surface area (Å²) < 4.78 is 5.10. The third-order valence-corrected chi connectivity index (χ3v) is 3.02. The van der Waals surface area contributed by atoms with Gasteiger partial charge in [-0.3, -0.25) is 4.79 Å². The molecule has 1 rings (SSSR count). The van der Waals surface area contributed by atoms with Gasteiger partial charge in [0.2, 0.25) is 0 Å². The summed E-state index contributed by atoms with van der Waals surface area (Å²) in [6.07, 6.45) is 2.45. The molecule has 0 unspecified atom stereocenters. The highest BCUT2D eigenvalue weighted by molar-refractivity contribution is 5.72. The molecule has 0 aliphatic carbocycles. The van der Waals surface area contributed by atoms with Gasteiger partial charge in [0.1, 0.15) is 0 Å². The lowest BCUT2D eigenvalue weighted by Gasteiger charge is -2.19. The van der Waals surface area contributed by atoms with Crippen molar-refractivity contribution in [2.75, 3.05) is 6.61 Å². The first kappa shape index (κ1) is 14.7. The lowest BCUT2D eigenvalue weighted by Crippen LogP contribution is -2.23. The molecule has 2 atom stereocenters. The number of benzene rings is 1. The molecule has 0 heterocycles. The van der Waals surface area contributed by atoms with Crippen LogP contribution in [0.25, 0.3) is 0 Å². The van der Waals surface area contributed by atoms with Gasteiger partial charge in [0, 0.05) is 6.04 Å². The van der Waals surface area contributed by atoms with Gasteiger partial charge in [0.25, 0.3) is 0 Å². The number of carbonyl (C=O) groups is 1. The maximum atomic E-state index is 11.8. The summed E-state index contributed by atoms with van der Waals surface area (Å²) in [6.45, 7) is 4.33. The summed E-state index contributed by atoms with van der Waals surface area (Å²) >= 11 is 0. The van der Waals surface area contributed by atoms with E-state index >= 15 is 0 Å². The van der Waals surface area contributed by atoms with Crippen LogP contribution in [0.2, 0.25) is 0 Å². The number of carbonyl (C=O) groups excluding carboxylic acids is 1. The number of rotatable bonds is 7. The van der Waals surface area contributed by atoms with Crippen molar-refractivity contribution < 1.29 is 9.53 Å². The van der Waals surface area contributed by atoms with Crippen LogP contribution in [-0.4, -0.2) is 12.6 Å². The number of nitrogens with two attached hydrogens (primary N) is 1. The highest BCUT2D eigenvalue weighted by atomic mass is 16.5. The molecule has 1 aromatic carbocycles. The molecule has 1 aromatic rings. The molecular formula is C15H23NO2. The van der Waals surface area contributed by atoms with Gasteiger partial charge in [-0.05, 0) is 25.3 Å². The van der Waals surface area contributed by atoms with Crippen LogP contribution in [-0.2, 0) is 9.53 Å². The Balaban J connectivity index is 2.63. The van der Waals surface area contributed by atoms with Crippen LogP contribution in [0, 0.1) is 5.92 Å². The second-order valence-corrected chi connectivity index (χ2v) is 4.49. The smallest absolute Gasteiger partial charge is 0.308 e. The summed E-state index contributed by atoms with van der Waals surface area (Å²) in [6, 6.07) is 9.79. The van der Waals surface area contributed by atoms with Gasteiger partial charge in [-0.2, -0.15) is 0 Å². The van der Waals surface area contributed by atoms with Crippen LogP contribution in [0.1, 0.15) is 44.7 Å². The first-order valence-electron chi connectivity index (χ1n) is 6.66. The van der Waals surface area contributed by atoms with E-state index in [1.165, 1.54) is 0 Å². The molecule has 0 amide bonds. The van der Waals surface area contributed by atoms with Crippen LogP contribution in [0.3, 0.4) is 0 Å². The van der Waals surface area contributed by atoms with E-state index in [1.54, 1.807) is 0 Å². The molecule has 0 fully saturated rings. The van der Waals surface area contributed by atoms with E-state index in [9.17, 15) is 4.79 Å². The standard InChI is InChI=1S/C15H23NO2/c1-3-8-13(15(17)18-4-2)11-14(16)12-9-6-5-7-10-12/h5-7,9-10,13-14H,3-4,8,11,16H2,1-2H3/t13-,14-/m1/s1. The summed E-state index contributed by atoms with van der Waals surface area (Å²) in [5.41, 5.74) is 7.22. The van der Waals surface area contributed by atoms with E-state index < -0.39 is 0 Å². The first-order valence-corrected chi connectivity index (χ1v) is 6.66. The van der Waals surface area contributed by atoms with Crippen molar-refractivity contribution >= 4 is 5.97 Å². The predicted octanol–water partition coefficient (Wildman–Crippen LogP) is 3.06. The monoisotopic (exact) mass is 249 g/mol. The van der Waals surface area contributed by atoms with Crippen molar-refractivity contribution in [3.05, 3.63) is 35.9 Å². The molecule has 0 spiro atoms. The SMILES string of the molecule is CCC[C@H](C[C@@H](N)c1ccccc1)C(=O)OCC. The Bertz CT molecular complexity index is 351.